The van der Waals surface area contributed by atoms with Gasteiger partial charge in [0.05, 0.1) is 11.0 Å². The molecular weight excluding hydrogens is 799 g/mol. The largest absolute Gasteiger partial charge is 0.323 e. The van der Waals surface area contributed by atoms with Gasteiger partial charge in [0.2, 0.25) is 0 Å². The summed E-state index contributed by atoms with van der Waals surface area (Å²) < 4.78 is 2.44. The SMILES string of the molecule is c1ccc(N(c2ccc3c(c2)C(c2ccccc2)(N(c2ccccc2)c2ccc4ccccc4c2)c2ccccc2-3)c2ccc3c4ccccc4n(-c4ccc5ccccc5c4)c3c2)cc1. The van der Waals surface area contributed by atoms with Crippen LogP contribution >= 0.6 is 0 Å². The van der Waals surface area contributed by atoms with Crippen LogP contribution < -0.4 is 9.80 Å². The van der Waals surface area contributed by atoms with Gasteiger partial charge < -0.3 is 14.4 Å². The van der Waals surface area contributed by atoms with Gasteiger partial charge in [-0.15, -0.1) is 0 Å². The third-order valence-electron chi connectivity index (χ3n) is 13.7. The molecule has 0 saturated heterocycles. The van der Waals surface area contributed by atoms with E-state index in [4.69, 9.17) is 0 Å². The number of rotatable bonds is 8. The van der Waals surface area contributed by atoms with Crippen molar-refractivity contribution in [3.8, 4) is 16.8 Å². The third kappa shape index (κ3) is 5.84. The molecular formula is C63H43N3. The lowest BCUT2D eigenvalue weighted by Gasteiger charge is -2.45. The fourth-order valence-electron chi connectivity index (χ4n) is 10.9. The molecule has 0 spiro atoms. The van der Waals surface area contributed by atoms with Gasteiger partial charge >= 0.3 is 0 Å². The van der Waals surface area contributed by atoms with Crippen LogP contribution in [0.1, 0.15) is 16.7 Å². The Morgan fingerprint density at radius 1 is 0.303 bits per heavy atom. The predicted molar refractivity (Wildman–Crippen MR) is 277 cm³/mol. The zero-order chi connectivity index (χ0) is 43.6. The molecule has 1 aliphatic carbocycles. The van der Waals surface area contributed by atoms with Crippen molar-refractivity contribution in [3.05, 3.63) is 278 Å². The van der Waals surface area contributed by atoms with Crippen LogP contribution in [0.3, 0.4) is 0 Å². The minimum Gasteiger partial charge on any atom is -0.323 e. The molecule has 0 N–H and O–H groups in total. The minimum absolute atomic E-state index is 0.762. The zero-order valence-corrected chi connectivity index (χ0v) is 36.2. The van der Waals surface area contributed by atoms with E-state index in [0.717, 1.165) is 39.6 Å². The monoisotopic (exact) mass is 841 g/mol. The van der Waals surface area contributed by atoms with Crippen LogP contribution in [0.5, 0.6) is 0 Å². The molecule has 310 valence electrons. The van der Waals surface area contributed by atoms with Crippen LogP contribution in [-0.4, -0.2) is 4.57 Å². The Kier molecular flexibility index (Phi) is 8.75. The Labute approximate surface area is 384 Å². The molecule has 3 heteroatoms. The summed E-state index contributed by atoms with van der Waals surface area (Å²) in [5, 5.41) is 7.32. The molecule has 0 amide bonds. The van der Waals surface area contributed by atoms with Gasteiger partial charge in [-0.3, -0.25) is 0 Å². The molecule has 0 aliphatic heterocycles. The standard InChI is InChI=1S/C63H43N3/c1-4-22-48(23-5-1)63(66(50-26-8-3-9-27-50)54-35-33-45-19-11-13-21-47(45)41-54)59-30-16-14-28-55(59)56-38-36-52(42-60(56)63)64(49-24-6-2-7-25-49)53-37-39-58-57-29-15-17-31-61(57)65(62(58)43-53)51-34-32-44-18-10-12-20-46(44)40-51/h1-43H. The van der Waals surface area contributed by atoms with E-state index in [1.54, 1.807) is 0 Å². The molecule has 0 fully saturated rings. The van der Waals surface area contributed by atoms with Crippen molar-refractivity contribution in [2.45, 2.75) is 5.54 Å². The van der Waals surface area contributed by atoms with Crippen molar-refractivity contribution in [1.82, 2.24) is 4.57 Å². The summed E-state index contributed by atoms with van der Waals surface area (Å²) in [4.78, 5) is 5.02. The fourth-order valence-corrected chi connectivity index (χ4v) is 10.9. The highest BCUT2D eigenvalue weighted by molar-refractivity contribution is 6.11. The van der Waals surface area contributed by atoms with Gasteiger partial charge in [0.15, 0.2) is 0 Å². The lowest BCUT2D eigenvalue weighted by Crippen LogP contribution is -2.44. The molecule has 1 unspecified atom stereocenters. The van der Waals surface area contributed by atoms with E-state index in [-0.39, 0.29) is 0 Å². The van der Waals surface area contributed by atoms with Crippen LogP contribution in [0.4, 0.5) is 28.4 Å². The summed E-state index contributed by atoms with van der Waals surface area (Å²) in [6, 6.07) is 95.9. The van der Waals surface area contributed by atoms with Crippen LogP contribution in [0, 0.1) is 0 Å². The Morgan fingerprint density at radius 3 is 1.62 bits per heavy atom. The average Bonchev–Trinajstić information content (AvgIpc) is 3.87. The first-order valence-corrected chi connectivity index (χ1v) is 22.8. The highest BCUT2D eigenvalue weighted by Crippen LogP contribution is 2.59. The maximum atomic E-state index is 2.59. The number of para-hydroxylation sites is 3. The lowest BCUT2D eigenvalue weighted by molar-refractivity contribution is 0.644. The van der Waals surface area contributed by atoms with Gasteiger partial charge in [-0.2, -0.15) is 0 Å². The van der Waals surface area contributed by atoms with Crippen LogP contribution in [0.2, 0.25) is 0 Å². The molecule has 3 nitrogen and oxygen atoms in total. The van der Waals surface area contributed by atoms with E-state index < -0.39 is 5.54 Å². The van der Waals surface area contributed by atoms with Crippen molar-refractivity contribution >= 4 is 71.8 Å². The second kappa shape index (κ2) is 15.3. The maximum Gasteiger partial charge on any atom is 0.122 e. The summed E-state index contributed by atoms with van der Waals surface area (Å²) in [6.45, 7) is 0. The Bertz CT molecular complexity index is 3780. The summed E-state index contributed by atoms with van der Waals surface area (Å²) in [5.74, 6) is 0. The van der Waals surface area contributed by atoms with E-state index in [1.165, 1.54) is 65.7 Å². The topological polar surface area (TPSA) is 11.4 Å². The summed E-state index contributed by atoms with van der Waals surface area (Å²) in [6.07, 6.45) is 0. The number of hydrogen-bond donors (Lipinski definition) is 0. The summed E-state index contributed by atoms with van der Waals surface area (Å²) in [7, 11) is 0. The molecule has 11 aromatic carbocycles. The lowest BCUT2D eigenvalue weighted by atomic mass is 9.78. The van der Waals surface area contributed by atoms with Crippen LogP contribution in [-0.2, 0) is 5.54 Å². The Morgan fingerprint density at radius 2 is 0.848 bits per heavy atom. The molecule has 1 heterocycles. The number of hydrogen-bond acceptors (Lipinski definition) is 2. The smallest absolute Gasteiger partial charge is 0.122 e. The van der Waals surface area contributed by atoms with Crippen molar-refractivity contribution in [3.63, 3.8) is 0 Å². The molecule has 66 heavy (non-hydrogen) atoms. The number of anilines is 5. The Balaban J connectivity index is 1.08. The minimum atomic E-state index is -0.762. The fraction of sp³-hybridized carbons (Fsp3) is 0.0159. The normalized spacial score (nSPS) is 14.1. The van der Waals surface area contributed by atoms with Gasteiger partial charge in [0.25, 0.3) is 0 Å². The molecule has 1 aliphatic rings. The summed E-state index contributed by atoms with van der Waals surface area (Å²) in [5.41, 5.74) is 14.3. The molecule has 0 radical (unpaired) electrons. The van der Waals surface area contributed by atoms with E-state index in [2.05, 4.69) is 275 Å². The quantitative estimate of drug-likeness (QED) is 0.151. The zero-order valence-electron chi connectivity index (χ0n) is 36.2. The Hall–Kier alpha value is -8.66. The average molecular weight is 842 g/mol. The molecule has 1 aromatic heterocycles. The molecule has 0 saturated carbocycles. The van der Waals surface area contributed by atoms with Gasteiger partial charge in [0, 0.05) is 44.9 Å². The van der Waals surface area contributed by atoms with Crippen molar-refractivity contribution < 1.29 is 0 Å². The van der Waals surface area contributed by atoms with Crippen molar-refractivity contribution in [2.75, 3.05) is 9.80 Å². The van der Waals surface area contributed by atoms with Gasteiger partial charge in [-0.1, -0.05) is 182 Å². The predicted octanol–water partition coefficient (Wildman–Crippen LogP) is 16.7. The second-order valence-electron chi connectivity index (χ2n) is 17.3. The first kappa shape index (κ1) is 37.9. The number of fused-ring (bicyclic) bond motifs is 8. The van der Waals surface area contributed by atoms with Gasteiger partial charge in [-0.25, -0.2) is 0 Å². The molecule has 0 bridgehead atoms. The highest BCUT2D eigenvalue weighted by Gasteiger charge is 2.50. The molecule has 1 atom stereocenters. The number of benzene rings is 11. The second-order valence-corrected chi connectivity index (χ2v) is 17.3. The van der Waals surface area contributed by atoms with E-state index in [1.807, 2.05) is 0 Å². The van der Waals surface area contributed by atoms with Crippen LogP contribution in [0.15, 0.2) is 261 Å². The van der Waals surface area contributed by atoms with E-state index >= 15 is 0 Å². The van der Waals surface area contributed by atoms with E-state index in [0.29, 0.717) is 0 Å². The first-order valence-electron chi connectivity index (χ1n) is 22.8. The molecule has 13 rings (SSSR count). The maximum absolute atomic E-state index is 2.59. The van der Waals surface area contributed by atoms with Gasteiger partial charge in [-0.05, 0) is 128 Å². The highest BCUT2D eigenvalue weighted by atomic mass is 15.2. The molecule has 12 aromatic rings. The van der Waals surface area contributed by atoms with Crippen molar-refractivity contribution in [1.29, 1.82) is 0 Å². The van der Waals surface area contributed by atoms with Crippen LogP contribution in [0.25, 0.3) is 60.2 Å². The van der Waals surface area contributed by atoms with Gasteiger partial charge in [0.1, 0.15) is 5.54 Å². The number of nitrogens with zero attached hydrogens (tertiary/aromatic N) is 3. The van der Waals surface area contributed by atoms with Crippen molar-refractivity contribution in [2.24, 2.45) is 0 Å². The third-order valence-corrected chi connectivity index (χ3v) is 13.7. The summed E-state index contributed by atoms with van der Waals surface area (Å²) >= 11 is 0. The number of aromatic nitrogens is 1. The van der Waals surface area contributed by atoms with E-state index in [9.17, 15) is 0 Å². The first-order chi connectivity index (χ1) is 32.7.